The molecule has 0 atom stereocenters. The molecule has 10 nitrogen and oxygen atoms in total. The lowest BCUT2D eigenvalue weighted by atomic mass is 10.0. The van der Waals surface area contributed by atoms with Crippen molar-refractivity contribution < 1.29 is 23.8 Å². The van der Waals surface area contributed by atoms with E-state index in [-0.39, 0.29) is 11.7 Å². The Morgan fingerprint density at radius 3 is 2.41 bits per heavy atom. The number of para-hydroxylation sites is 2. The summed E-state index contributed by atoms with van der Waals surface area (Å²) in [6, 6.07) is 14.6. The summed E-state index contributed by atoms with van der Waals surface area (Å²) in [6.45, 7) is 2.54. The van der Waals surface area contributed by atoms with Gasteiger partial charge in [0.2, 0.25) is 11.8 Å². The van der Waals surface area contributed by atoms with Crippen LogP contribution in [0.3, 0.4) is 0 Å². The normalized spacial score (nSPS) is 10.8. The first kappa shape index (κ1) is 29.3. The van der Waals surface area contributed by atoms with E-state index >= 15 is 0 Å². The monoisotopic (exact) mass is 557 g/mol. The summed E-state index contributed by atoms with van der Waals surface area (Å²) in [5, 5.41) is 3.73. The maximum Gasteiger partial charge on any atom is 0.410 e. The first-order valence-electron chi connectivity index (χ1n) is 13.7. The number of nitrogens with zero attached hydrogens (tertiary/aromatic N) is 3. The molecular formula is C31H35N5O5. The van der Waals surface area contributed by atoms with Gasteiger partial charge in [-0.15, -0.1) is 0 Å². The van der Waals surface area contributed by atoms with Crippen LogP contribution in [0.5, 0.6) is 17.4 Å². The van der Waals surface area contributed by atoms with Crippen molar-refractivity contribution in [3.8, 4) is 28.5 Å². The van der Waals surface area contributed by atoms with Gasteiger partial charge in [0.25, 0.3) is 0 Å². The van der Waals surface area contributed by atoms with E-state index in [1.54, 1.807) is 43.9 Å². The summed E-state index contributed by atoms with van der Waals surface area (Å²) in [5.41, 5.74) is 9.13. The van der Waals surface area contributed by atoms with Gasteiger partial charge in [-0.2, -0.15) is 0 Å². The minimum atomic E-state index is -0.922. The number of carbonyl (C=O) groups is 2. The number of aryl methyl sites for hydroxylation is 1. The molecule has 2 aromatic carbocycles. The molecule has 0 bridgehead atoms. The van der Waals surface area contributed by atoms with Crippen molar-refractivity contribution in [2.75, 3.05) is 19.0 Å². The molecule has 2 aromatic heterocycles. The van der Waals surface area contributed by atoms with E-state index in [4.69, 9.17) is 19.9 Å². The molecule has 0 aliphatic heterocycles. The molecule has 0 saturated heterocycles. The number of fused-ring (bicyclic) bond motifs is 1. The molecule has 41 heavy (non-hydrogen) atoms. The van der Waals surface area contributed by atoms with Crippen molar-refractivity contribution in [2.45, 2.75) is 51.9 Å². The summed E-state index contributed by atoms with van der Waals surface area (Å²) >= 11 is 0. The summed E-state index contributed by atoms with van der Waals surface area (Å²) in [4.78, 5) is 36.5. The lowest BCUT2D eigenvalue weighted by molar-refractivity contribution is -0.116. The van der Waals surface area contributed by atoms with Gasteiger partial charge in [0, 0.05) is 35.3 Å². The average molecular weight is 558 g/mol. The number of benzene rings is 2. The van der Waals surface area contributed by atoms with E-state index in [1.165, 1.54) is 0 Å². The quantitative estimate of drug-likeness (QED) is 0.174. The summed E-state index contributed by atoms with van der Waals surface area (Å²) < 4.78 is 16.3. The second-order valence-electron chi connectivity index (χ2n) is 9.60. The number of carbonyl (C=O) groups excluding carboxylic acids is 2. The number of aromatic nitrogens is 3. The van der Waals surface area contributed by atoms with E-state index in [1.807, 2.05) is 25.1 Å². The molecule has 10 heteroatoms. The van der Waals surface area contributed by atoms with Crippen LogP contribution in [0.1, 0.15) is 50.6 Å². The Kier molecular flexibility index (Phi) is 10.4. The van der Waals surface area contributed by atoms with Crippen LogP contribution in [0, 0.1) is 6.92 Å². The third kappa shape index (κ3) is 8.38. The zero-order valence-corrected chi connectivity index (χ0v) is 23.4. The van der Waals surface area contributed by atoms with E-state index < -0.39 is 6.09 Å². The molecule has 0 fully saturated rings. The number of unbranched alkanes of at least 4 members (excludes halogenated alkanes) is 5. The van der Waals surface area contributed by atoms with Crippen LogP contribution in [0.25, 0.3) is 22.0 Å². The van der Waals surface area contributed by atoms with Crippen LogP contribution in [0.4, 0.5) is 10.5 Å². The van der Waals surface area contributed by atoms with Crippen molar-refractivity contribution in [3.63, 3.8) is 0 Å². The Labute approximate surface area is 239 Å². The minimum Gasteiger partial charge on any atom is -0.491 e. The highest BCUT2D eigenvalue weighted by molar-refractivity contribution is 5.93. The highest BCUT2D eigenvalue weighted by atomic mass is 16.5. The predicted octanol–water partition coefficient (Wildman–Crippen LogP) is 6.21. The van der Waals surface area contributed by atoms with Gasteiger partial charge in [-0.3, -0.25) is 4.79 Å². The number of hydrogen-bond donors (Lipinski definition) is 2. The minimum absolute atomic E-state index is 0.127. The number of amides is 2. The Morgan fingerprint density at radius 1 is 0.878 bits per heavy atom. The summed E-state index contributed by atoms with van der Waals surface area (Å²) in [5.74, 6) is 1.40. The fourth-order valence-corrected chi connectivity index (χ4v) is 4.46. The van der Waals surface area contributed by atoms with Crippen LogP contribution in [-0.4, -0.2) is 40.7 Å². The molecule has 0 unspecified atom stereocenters. The number of pyridine rings is 1. The number of ether oxygens (including phenoxy) is 3. The van der Waals surface area contributed by atoms with Crippen molar-refractivity contribution in [2.24, 2.45) is 5.73 Å². The zero-order valence-electron chi connectivity index (χ0n) is 23.4. The molecule has 0 aliphatic carbocycles. The maximum atomic E-state index is 12.3. The highest BCUT2D eigenvalue weighted by Crippen LogP contribution is 2.33. The van der Waals surface area contributed by atoms with Gasteiger partial charge < -0.3 is 25.3 Å². The number of methoxy groups -OCH3 is 1. The second kappa shape index (κ2) is 14.6. The van der Waals surface area contributed by atoms with Crippen LogP contribution in [0.15, 0.2) is 61.1 Å². The molecule has 4 aromatic rings. The first-order chi connectivity index (χ1) is 19.9. The highest BCUT2D eigenvalue weighted by Gasteiger charge is 2.12. The molecule has 2 amide bonds. The van der Waals surface area contributed by atoms with Crippen molar-refractivity contribution in [1.82, 2.24) is 15.0 Å². The smallest absolute Gasteiger partial charge is 0.410 e. The van der Waals surface area contributed by atoms with Gasteiger partial charge in [-0.25, -0.2) is 19.7 Å². The van der Waals surface area contributed by atoms with E-state index in [2.05, 4.69) is 26.3 Å². The van der Waals surface area contributed by atoms with Crippen LogP contribution in [0.2, 0.25) is 0 Å². The lowest BCUT2D eigenvalue weighted by Gasteiger charge is -2.13. The van der Waals surface area contributed by atoms with E-state index in [0.717, 1.165) is 72.0 Å². The SMILES string of the molecule is COc1ccc(-c2cc(OCCCCCCCCC(=O)Nc3ccccc3OC(N)=O)c3ncnc(C)c3c2)cn1. The van der Waals surface area contributed by atoms with Gasteiger partial charge in [0.05, 0.1) is 19.4 Å². The van der Waals surface area contributed by atoms with E-state index in [9.17, 15) is 9.59 Å². The Morgan fingerprint density at radius 2 is 1.66 bits per heavy atom. The van der Waals surface area contributed by atoms with Gasteiger partial charge in [-0.1, -0.05) is 37.8 Å². The van der Waals surface area contributed by atoms with Gasteiger partial charge in [-0.05, 0) is 55.7 Å². The van der Waals surface area contributed by atoms with Crippen LogP contribution in [-0.2, 0) is 4.79 Å². The standard InChI is InChI=1S/C31H35N5O5/c1-21-24-17-23(22-14-15-29(39-2)33-19-22)18-27(30(24)35-20-34-21)40-16-10-6-4-3-5-7-13-28(37)36-25-11-8-9-12-26(25)41-31(32)38/h8-9,11-12,14-15,17-20H,3-7,10,13,16H2,1-2H3,(H2,32,38)(H,36,37). The molecule has 0 saturated carbocycles. The molecular weight excluding hydrogens is 522 g/mol. The number of nitrogens with two attached hydrogens (primary N) is 1. The molecule has 4 rings (SSSR count). The van der Waals surface area contributed by atoms with Crippen LogP contribution < -0.4 is 25.3 Å². The lowest BCUT2D eigenvalue weighted by Crippen LogP contribution is -2.18. The zero-order chi connectivity index (χ0) is 29.0. The number of rotatable bonds is 14. The molecule has 214 valence electrons. The third-order valence-corrected chi connectivity index (χ3v) is 6.61. The predicted molar refractivity (Wildman–Crippen MR) is 157 cm³/mol. The number of primary amides is 1. The maximum absolute atomic E-state index is 12.3. The largest absolute Gasteiger partial charge is 0.491 e. The average Bonchev–Trinajstić information content (AvgIpc) is 2.97. The Hall–Kier alpha value is -4.73. The summed E-state index contributed by atoms with van der Waals surface area (Å²) in [6.07, 6.45) is 8.57. The van der Waals surface area contributed by atoms with Crippen molar-refractivity contribution in [3.05, 3.63) is 66.7 Å². The Bertz CT molecular complexity index is 1480. The van der Waals surface area contributed by atoms with Crippen LogP contribution >= 0.6 is 0 Å². The number of hydrogen-bond acceptors (Lipinski definition) is 8. The molecule has 0 spiro atoms. The fourth-order valence-electron chi connectivity index (χ4n) is 4.46. The topological polar surface area (TPSA) is 139 Å². The first-order valence-corrected chi connectivity index (χ1v) is 13.7. The Balaban J connectivity index is 1.20. The van der Waals surface area contributed by atoms with Crippen molar-refractivity contribution in [1.29, 1.82) is 0 Å². The summed E-state index contributed by atoms with van der Waals surface area (Å²) in [7, 11) is 1.59. The number of nitrogens with one attached hydrogen (secondary N) is 1. The second-order valence-corrected chi connectivity index (χ2v) is 9.60. The third-order valence-electron chi connectivity index (χ3n) is 6.61. The number of anilines is 1. The van der Waals surface area contributed by atoms with Gasteiger partial charge in [0.1, 0.15) is 17.6 Å². The molecule has 0 aliphatic rings. The van der Waals surface area contributed by atoms with E-state index in [0.29, 0.717) is 24.6 Å². The fraction of sp³-hybridized carbons (Fsp3) is 0.323. The molecule has 2 heterocycles. The molecule has 3 N–H and O–H groups in total. The molecule has 0 radical (unpaired) electrons. The van der Waals surface area contributed by atoms with Crippen molar-refractivity contribution >= 4 is 28.6 Å². The van der Waals surface area contributed by atoms with Gasteiger partial charge in [0.15, 0.2) is 5.75 Å². The van der Waals surface area contributed by atoms with Gasteiger partial charge >= 0.3 is 6.09 Å².